The lowest BCUT2D eigenvalue weighted by Gasteiger charge is -2.36. The molecule has 0 aromatic rings. The monoisotopic (exact) mass is 538 g/mol. The second kappa shape index (κ2) is 19.3. The van der Waals surface area contributed by atoms with E-state index in [4.69, 9.17) is 0 Å². The van der Waals surface area contributed by atoms with E-state index < -0.39 is 0 Å². The average Bonchev–Trinajstić information content (AvgIpc) is 2.85. The van der Waals surface area contributed by atoms with E-state index in [9.17, 15) is 0 Å². The molecule has 1 atom stereocenters. The molecule has 0 saturated carbocycles. The van der Waals surface area contributed by atoms with Crippen molar-refractivity contribution in [1.29, 1.82) is 0 Å². The minimum atomic E-state index is 0.345. The first kappa shape index (κ1) is 35.2. The van der Waals surface area contributed by atoms with Gasteiger partial charge in [0.05, 0.1) is 0 Å². The molecule has 0 aliphatic heterocycles. The molecule has 0 aromatic carbocycles. The first-order valence-electron chi connectivity index (χ1n) is 15.2. The molecule has 0 amide bonds. The van der Waals surface area contributed by atoms with Gasteiger partial charge in [-0.1, -0.05) is 144 Å². The van der Waals surface area contributed by atoms with Crippen LogP contribution in [0.25, 0.3) is 0 Å². The summed E-state index contributed by atoms with van der Waals surface area (Å²) in [7, 11) is 0. The molecular weight excluding hydrogens is 480 g/mol. The van der Waals surface area contributed by atoms with Gasteiger partial charge < -0.3 is 0 Å². The van der Waals surface area contributed by atoms with Crippen LogP contribution in [0.4, 0.5) is 0 Å². The molecule has 218 valence electrons. The first-order valence-corrected chi connectivity index (χ1v) is 15.2. The second-order valence-corrected chi connectivity index (χ2v) is 12.6. The minimum absolute atomic E-state index is 0.345. The Bertz CT molecular complexity index is 1120. The van der Waals surface area contributed by atoms with Gasteiger partial charge in [0.2, 0.25) is 0 Å². The summed E-state index contributed by atoms with van der Waals surface area (Å²) in [6, 6.07) is 0. The molecular formula is C40H58. The van der Waals surface area contributed by atoms with Crippen molar-refractivity contribution >= 4 is 0 Å². The summed E-state index contributed by atoms with van der Waals surface area (Å²) in [5.41, 5.74) is 9.94. The molecule has 0 spiro atoms. The predicted octanol–water partition coefficient (Wildman–Crippen LogP) is 12.9. The standard InChI is InChI=1S/C40H58/c1-32(2)18-13-21-35(5)24-15-26-36(6)25-14-22-33(3)19-11-12-20-34(4)23-16-27-37(7)29-30-39-38(8)28-17-31-40(39,9)10/h11-12,14,16,18-20,22-25,27-30,39H,13,15,17,21,26,31H2,1-10H3. The highest BCUT2D eigenvalue weighted by Gasteiger charge is 2.30. The molecule has 0 heterocycles. The van der Waals surface area contributed by atoms with E-state index in [-0.39, 0.29) is 0 Å². The molecule has 0 saturated heterocycles. The Morgan fingerprint density at radius 1 is 0.700 bits per heavy atom. The molecule has 0 nitrogen and oxygen atoms in total. The van der Waals surface area contributed by atoms with Crippen molar-refractivity contribution in [3.63, 3.8) is 0 Å². The number of rotatable bonds is 14. The lowest BCUT2D eigenvalue weighted by atomic mass is 9.68. The van der Waals surface area contributed by atoms with Crippen molar-refractivity contribution in [2.24, 2.45) is 11.3 Å². The van der Waals surface area contributed by atoms with Crippen LogP contribution in [0, 0.1) is 11.3 Å². The third-order valence-electron chi connectivity index (χ3n) is 7.55. The molecule has 0 radical (unpaired) electrons. The summed E-state index contributed by atoms with van der Waals surface area (Å²) in [6.45, 7) is 22.3. The van der Waals surface area contributed by atoms with Gasteiger partial charge in [-0.25, -0.2) is 0 Å². The van der Waals surface area contributed by atoms with Gasteiger partial charge in [0.1, 0.15) is 0 Å². The van der Waals surface area contributed by atoms with Crippen molar-refractivity contribution in [2.75, 3.05) is 0 Å². The Morgan fingerprint density at radius 2 is 1.23 bits per heavy atom. The molecule has 1 aliphatic carbocycles. The quantitative estimate of drug-likeness (QED) is 0.152. The van der Waals surface area contributed by atoms with Crippen LogP contribution in [0.1, 0.15) is 108 Å². The van der Waals surface area contributed by atoms with Crippen LogP contribution in [-0.2, 0) is 0 Å². The molecule has 0 N–H and O–H groups in total. The summed E-state index contributed by atoms with van der Waals surface area (Å²) in [6.07, 6.45) is 40.5. The lowest BCUT2D eigenvalue weighted by molar-refractivity contribution is 0.255. The maximum atomic E-state index is 2.40. The van der Waals surface area contributed by atoms with Crippen molar-refractivity contribution in [2.45, 2.75) is 108 Å². The van der Waals surface area contributed by atoms with Crippen molar-refractivity contribution in [3.05, 3.63) is 130 Å². The van der Waals surface area contributed by atoms with Gasteiger partial charge in [-0.3, -0.25) is 0 Å². The second-order valence-electron chi connectivity index (χ2n) is 12.6. The zero-order valence-corrected chi connectivity index (χ0v) is 27.5. The highest BCUT2D eigenvalue weighted by Crippen LogP contribution is 2.41. The van der Waals surface area contributed by atoms with Gasteiger partial charge in [0.25, 0.3) is 0 Å². The van der Waals surface area contributed by atoms with E-state index in [1.165, 1.54) is 58.3 Å². The maximum Gasteiger partial charge on any atom is 0.00285 e. The van der Waals surface area contributed by atoms with Gasteiger partial charge in [-0.2, -0.15) is 0 Å². The van der Waals surface area contributed by atoms with Crippen molar-refractivity contribution in [3.8, 4) is 0 Å². The zero-order valence-electron chi connectivity index (χ0n) is 27.5. The summed E-state index contributed by atoms with van der Waals surface area (Å²) >= 11 is 0. The van der Waals surface area contributed by atoms with Gasteiger partial charge in [-0.05, 0) is 99.3 Å². The fourth-order valence-corrected chi connectivity index (χ4v) is 4.85. The highest BCUT2D eigenvalue weighted by molar-refractivity contribution is 5.32. The highest BCUT2D eigenvalue weighted by atomic mass is 14.3. The summed E-state index contributed by atoms with van der Waals surface area (Å²) in [4.78, 5) is 0. The van der Waals surface area contributed by atoms with E-state index in [0.717, 1.165) is 19.3 Å². The summed E-state index contributed by atoms with van der Waals surface area (Å²) in [5.74, 6) is 0.533. The SMILES string of the molecule is CC(C)=CCCC(C)=CCCC(C)=CC=CC(C)=CC=CC=C(C)C=CC=C(C)C=CC1C(C)=CCCC1(C)C. The van der Waals surface area contributed by atoms with Crippen LogP contribution in [0.2, 0.25) is 0 Å². The molecule has 0 bridgehead atoms. The predicted molar refractivity (Wildman–Crippen MR) is 184 cm³/mol. The number of hydrogen-bond donors (Lipinski definition) is 0. The number of hydrogen-bond acceptors (Lipinski definition) is 0. The lowest BCUT2D eigenvalue weighted by Crippen LogP contribution is -2.26. The van der Waals surface area contributed by atoms with E-state index in [1.54, 1.807) is 0 Å². The first-order chi connectivity index (χ1) is 18.9. The third-order valence-corrected chi connectivity index (χ3v) is 7.55. The topological polar surface area (TPSA) is 0 Å². The smallest absolute Gasteiger partial charge is 0.00285 e. The Morgan fingerprint density at radius 3 is 1.82 bits per heavy atom. The van der Waals surface area contributed by atoms with Gasteiger partial charge >= 0.3 is 0 Å². The number of allylic oxidation sites excluding steroid dienone is 22. The molecule has 0 aromatic heterocycles. The van der Waals surface area contributed by atoms with Crippen LogP contribution in [-0.4, -0.2) is 0 Å². The molecule has 1 unspecified atom stereocenters. The normalized spacial score (nSPS) is 19.9. The molecule has 0 heteroatoms. The Balaban J connectivity index is 2.51. The van der Waals surface area contributed by atoms with E-state index in [1.807, 2.05) is 0 Å². The molecule has 1 rings (SSSR count). The van der Waals surface area contributed by atoms with Crippen LogP contribution in [0.15, 0.2) is 130 Å². The zero-order chi connectivity index (χ0) is 30.0. The van der Waals surface area contributed by atoms with E-state index in [2.05, 4.69) is 160 Å². The molecule has 0 fully saturated rings. The van der Waals surface area contributed by atoms with Crippen molar-refractivity contribution in [1.82, 2.24) is 0 Å². The average molecular weight is 539 g/mol. The summed E-state index contributed by atoms with van der Waals surface area (Å²) in [5, 5.41) is 0. The molecule has 1 aliphatic rings. The van der Waals surface area contributed by atoms with Gasteiger partial charge in [-0.15, -0.1) is 0 Å². The van der Waals surface area contributed by atoms with Crippen molar-refractivity contribution < 1.29 is 0 Å². The Hall–Kier alpha value is -2.86. The van der Waals surface area contributed by atoms with Gasteiger partial charge in [0.15, 0.2) is 0 Å². The van der Waals surface area contributed by atoms with Gasteiger partial charge in [0, 0.05) is 5.92 Å². The maximum absolute atomic E-state index is 2.40. The third kappa shape index (κ3) is 16.3. The largest absolute Gasteiger partial charge is 0.0856 e. The fourth-order valence-electron chi connectivity index (χ4n) is 4.85. The van der Waals surface area contributed by atoms with Crippen LogP contribution >= 0.6 is 0 Å². The van der Waals surface area contributed by atoms with Crippen LogP contribution in [0.5, 0.6) is 0 Å². The minimum Gasteiger partial charge on any atom is -0.0856 e. The van der Waals surface area contributed by atoms with E-state index >= 15 is 0 Å². The van der Waals surface area contributed by atoms with Crippen LogP contribution < -0.4 is 0 Å². The van der Waals surface area contributed by atoms with E-state index in [0.29, 0.717) is 11.3 Å². The van der Waals surface area contributed by atoms with Crippen LogP contribution in [0.3, 0.4) is 0 Å². The Kier molecular flexibility index (Phi) is 16.9. The fraction of sp³-hybridized carbons (Fsp3) is 0.450. The summed E-state index contributed by atoms with van der Waals surface area (Å²) < 4.78 is 0. The molecule has 40 heavy (non-hydrogen) atoms. The Labute approximate surface area is 248 Å².